The van der Waals surface area contributed by atoms with Gasteiger partial charge in [-0.2, -0.15) is 0 Å². The van der Waals surface area contributed by atoms with Crippen LogP contribution in [0.4, 0.5) is 0 Å². The Labute approximate surface area is 128 Å². The lowest BCUT2D eigenvalue weighted by Crippen LogP contribution is -2.46. The molecule has 0 saturated carbocycles. The molecule has 2 amide bonds. The van der Waals surface area contributed by atoms with E-state index in [1.165, 1.54) is 0 Å². The first-order valence-electron chi connectivity index (χ1n) is 7.45. The van der Waals surface area contributed by atoms with Crippen LogP contribution in [0, 0.1) is 0 Å². The highest BCUT2D eigenvalue weighted by Crippen LogP contribution is 2.23. The molecule has 5 nitrogen and oxygen atoms in total. The van der Waals surface area contributed by atoms with Crippen LogP contribution in [0.25, 0.3) is 0 Å². The van der Waals surface area contributed by atoms with Crippen molar-refractivity contribution in [2.24, 2.45) is 0 Å². The summed E-state index contributed by atoms with van der Waals surface area (Å²) in [4.78, 5) is 27.1. The zero-order chi connectivity index (χ0) is 14.7. The number of nitrogens with one attached hydrogen (secondary N) is 1. The Kier molecular flexibility index (Phi) is 4.55. The molecular weight excluding hydrogens is 288 g/mol. The van der Waals surface area contributed by atoms with E-state index in [4.69, 9.17) is 4.74 Å². The van der Waals surface area contributed by atoms with Crippen molar-refractivity contribution in [1.29, 1.82) is 0 Å². The topological polar surface area (TPSA) is 58.6 Å². The molecule has 0 unspecified atom stereocenters. The fourth-order valence-corrected chi connectivity index (χ4v) is 3.62. The minimum Gasteiger partial charge on any atom is -0.376 e. The van der Waals surface area contributed by atoms with Crippen LogP contribution < -0.4 is 5.32 Å². The number of hydrogen-bond donors (Lipinski definition) is 1. The zero-order valence-corrected chi connectivity index (χ0v) is 12.7. The molecule has 2 saturated heterocycles. The summed E-state index contributed by atoms with van der Waals surface area (Å²) in [5.74, 6) is 0.0218. The monoisotopic (exact) mass is 308 g/mol. The molecule has 6 heteroatoms. The van der Waals surface area contributed by atoms with Crippen LogP contribution in [0.15, 0.2) is 17.5 Å². The third-order valence-electron chi connectivity index (χ3n) is 4.07. The maximum Gasteiger partial charge on any atom is 0.242 e. The van der Waals surface area contributed by atoms with Crippen molar-refractivity contribution in [2.45, 2.75) is 44.4 Å². The molecule has 3 heterocycles. The lowest BCUT2D eigenvalue weighted by atomic mass is 10.2. The minimum atomic E-state index is -0.332. The van der Waals surface area contributed by atoms with E-state index >= 15 is 0 Å². The first kappa shape index (κ1) is 14.5. The quantitative estimate of drug-likeness (QED) is 0.897. The van der Waals surface area contributed by atoms with Crippen molar-refractivity contribution in [3.8, 4) is 0 Å². The molecule has 21 heavy (non-hydrogen) atoms. The van der Waals surface area contributed by atoms with E-state index in [-0.39, 0.29) is 24.0 Å². The average Bonchev–Trinajstić information content (AvgIpc) is 3.21. The molecule has 3 rings (SSSR count). The van der Waals surface area contributed by atoms with Gasteiger partial charge < -0.3 is 15.0 Å². The van der Waals surface area contributed by atoms with Crippen LogP contribution in [-0.2, 0) is 20.9 Å². The molecule has 1 N–H and O–H groups in total. The van der Waals surface area contributed by atoms with Crippen LogP contribution in [0.5, 0.6) is 0 Å². The third-order valence-corrected chi connectivity index (χ3v) is 4.93. The lowest BCUT2D eigenvalue weighted by Gasteiger charge is -2.24. The maximum absolute atomic E-state index is 12.3. The normalized spacial score (nSPS) is 25.5. The Balaban J connectivity index is 1.56. The molecule has 2 aliphatic rings. The smallest absolute Gasteiger partial charge is 0.242 e. The van der Waals surface area contributed by atoms with Gasteiger partial charge in [-0.25, -0.2) is 0 Å². The first-order chi connectivity index (χ1) is 10.2. The van der Waals surface area contributed by atoms with Gasteiger partial charge in [0.05, 0.1) is 12.6 Å². The standard InChI is InChI=1S/C15H20N2O3S/c18-14-6-5-13(17(14)10-12-4-2-8-21-12)15(19)16-9-11-3-1-7-20-11/h2,4,8,11,13H,1,3,5-7,9-10H2,(H,16,19)/t11-,13+/m0/s1. The van der Waals surface area contributed by atoms with Gasteiger partial charge in [0.25, 0.3) is 0 Å². The number of hydrogen-bond acceptors (Lipinski definition) is 4. The number of nitrogens with zero attached hydrogens (tertiary/aromatic N) is 1. The van der Waals surface area contributed by atoms with Gasteiger partial charge >= 0.3 is 0 Å². The largest absolute Gasteiger partial charge is 0.376 e. The Hall–Kier alpha value is -1.40. The van der Waals surface area contributed by atoms with Crippen molar-refractivity contribution < 1.29 is 14.3 Å². The molecule has 0 radical (unpaired) electrons. The van der Waals surface area contributed by atoms with E-state index in [0.29, 0.717) is 25.9 Å². The number of carbonyl (C=O) groups excluding carboxylic acids is 2. The summed E-state index contributed by atoms with van der Waals surface area (Å²) < 4.78 is 5.51. The summed E-state index contributed by atoms with van der Waals surface area (Å²) in [6.07, 6.45) is 3.28. The fourth-order valence-electron chi connectivity index (χ4n) is 2.91. The first-order valence-corrected chi connectivity index (χ1v) is 8.33. The zero-order valence-electron chi connectivity index (χ0n) is 11.9. The molecule has 2 fully saturated rings. The third kappa shape index (κ3) is 3.44. The summed E-state index contributed by atoms with van der Waals surface area (Å²) in [6.45, 7) is 1.87. The highest BCUT2D eigenvalue weighted by atomic mass is 32.1. The number of thiophene rings is 1. The van der Waals surface area contributed by atoms with Gasteiger partial charge in [-0.15, -0.1) is 11.3 Å². The van der Waals surface area contributed by atoms with Gasteiger partial charge in [0.15, 0.2) is 0 Å². The molecule has 0 aliphatic carbocycles. The number of likely N-dealkylation sites (tertiary alicyclic amines) is 1. The molecule has 114 valence electrons. The van der Waals surface area contributed by atoms with Crippen molar-refractivity contribution in [2.75, 3.05) is 13.2 Å². The van der Waals surface area contributed by atoms with E-state index in [1.54, 1.807) is 16.2 Å². The van der Waals surface area contributed by atoms with Gasteiger partial charge in [-0.1, -0.05) is 6.07 Å². The van der Waals surface area contributed by atoms with Crippen LogP contribution in [0.3, 0.4) is 0 Å². The Morgan fingerprint density at radius 3 is 3.10 bits per heavy atom. The van der Waals surface area contributed by atoms with Gasteiger partial charge in [-0.3, -0.25) is 9.59 Å². The SMILES string of the molecule is O=C(NC[C@@H]1CCCO1)[C@H]1CCC(=O)N1Cc1cccs1. The number of rotatable bonds is 5. The molecule has 1 aromatic rings. The highest BCUT2D eigenvalue weighted by Gasteiger charge is 2.36. The second-order valence-corrected chi connectivity index (χ2v) is 6.57. The van der Waals surface area contributed by atoms with Crippen LogP contribution in [0.2, 0.25) is 0 Å². The lowest BCUT2D eigenvalue weighted by molar-refractivity contribution is -0.136. The van der Waals surface area contributed by atoms with Gasteiger partial charge in [0, 0.05) is 24.4 Å². The van der Waals surface area contributed by atoms with Gasteiger partial charge in [0.1, 0.15) is 6.04 Å². The maximum atomic E-state index is 12.3. The fraction of sp³-hybridized carbons (Fsp3) is 0.600. The van der Waals surface area contributed by atoms with Crippen molar-refractivity contribution >= 4 is 23.2 Å². The summed E-state index contributed by atoms with van der Waals surface area (Å²) in [5, 5.41) is 4.93. The van der Waals surface area contributed by atoms with E-state index in [9.17, 15) is 9.59 Å². The number of carbonyl (C=O) groups is 2. The number of amides is 2. The van der Waals surface area contributed by atoms with E-state index in [2.05, 4.69) is 5.32 Å². The molecule has 1 aromatic heterocycles. The molecule has 0 spiro atoms. The average molecular weight is 308 g/mol. The van der Waals surface area contributed by atoms with Crippen molar-refractivity contribution in [1.82, 2.24) is 10.2 Å². The van der Waals surface area contributed by atoms with E-state index < -0.39 is 0 Å². The van der Waals surface area contributed by atoms with Crippen LogP contribution in [0.1, 0.15) is 30.6 Å². The summed E-state index contributed by atoms with van der Waals surface area (Å²) in [6, 6.07) is 3.63. The second kappa shape index (κ2) is 6.58. The molecular formula is C15H20N2O3S. The summed E-state index contributed by atoms with van der Waals surface area (Å²) >= 11 is 1.61. The molecule has 2 aliphatic heterocycles. The predicted molar refractivity (Wildman–Crippen MR) is 79.9 cm³/mol. The Morgan fingerprint density at radius 2 is 2.38 bits per heavy atom. The predicted octanol–water partition coefficient (Wildman–Crippen LogP) is 1.53. The highest BCUT2D eigenvalue weighted by molar-refractivity contribution is 7.09. The van der Waals surface area contributed by atoms with Crippen molar-refractivity contribution in [3.63, 3.8) is 0 Å². The molecule has 0 aromatic carbocycles. The van der Waals surface area contributed by atoms with Crippen LogP contribution in [-0.4, -0.2) is 42.0 Å². The van der Waals surface area contributed by atoms with Crippen LogP contribution >= 0.6 is 11.3 Å². The minimum absolute atomic E-state index is 0.0482. The van der Waals surface area contributed by atoms with E-state index in [0.717, 1.165) is 24.3 Å². The summed E-state index contributed by atoms with van der Waals surface area (Å²) in [5.41, 5.74) is 0. The van der Waals surface area contributed by atoms with E-state index in [1.807, 2.05) is 17.5 Å². The van der Waals surface area contributed by atoms with Crippen molar-refractivity contribution in [3.05, 3.63) is 22.4 Å². The second-order valence-electron chi connectivity index (χ2n) is 5.54. The molecule has 0 bridgehead atoms. The Bertz CT molecular complexity index is 497. The summed E-state index contributed by atoms with van der Waals surface area (Å²) in [7, 11) is 0. The Morgan fingerprint density at radius 1 is 1.48 bits per heavy atom. The van der Waals surface area contributed by atoms with Gasteiger partial charge in [0.2, 0.25) is 11.8 Å². The van der Waals surface area contributed by atoms with Gasteiger partial charge in [-0.05, 0) is 30.7 Å². The molecule has 2 atom stereocenters. The number of ether oxygens (including phenoxy) is 1.